The Labute approximate surface area is 187 Å². The van der Waals surface area contributed by atoms with Crippen LogP contribution < -0.4 is 5.32 Å². The fourth-order valence-electron chi connectivity index (χ4n) is 3.72. The highest BCUT2D eigenvalue weighted by atomic mass is 32.1. The van der Waals surface area contributed by atoms with Gasteiger partial charge in [-0.1, -0.05) is 13.0 Å². The van der Waals surface area contributed by atoms with Crippen molar-refractivity contribution in [1.29, 1.82) is 0 Å². The van der Waals surface area contributed by atoms with E-state index < -0.39 is 17.7 Å². The van der Waals surface area contributed by atoms with E-state index in [1.54, 1.807) is 0 Å². The highest BCUT2D eigenvalue weighted by Gasteiger charge is 2.36. The molecule has 0 atom stereocenters. The molecule has 0 unspecified atom stereocenters. The lowest BCUT2D eigenvalue weighted by atomic mass is 10.0. The zero-order valence-corrected chi connectivity index (χ0v) is 18.5. The van der Waals surface area contributed by atoms with E-state index in [1.165, 1.54) is 29.7 Å². The number of hydrogen-bond acceptors (Lipinski definition) is 7. The minimum atomic E-state index is -4.64. The first kappa shape index (κ1) is 22.2. The Hall–Kier alpha value is -2.98. The molecule has 10 heteroatoms. The average Bonchev–Trinajstić information content (AvgIpc) is 3.37. The second-order valence-electron chi connectivity index (χ2n) is 7.57. The fraction of sp³-hybridized carbons (Fsp3) is 0.318. The van der Waals surface area contributed by atoms with Gasteiger partial charge in [-0.25, -0.2) is 14.8 Å². The zero-order chi connectivity index (χ0) is 23.0. The Morgan fingerprint density at radius 1 is 1.25 bits per heavy atom. The number of ether oxygens (including phenoxy) is 1. The summed E-state index contributed by atoms with van der Waals surface area (Å²) in [6.45, 7) is 3.69. The Balaban J connectivity index is 1.74. The van der Waals surface area contributed by atoms with E-state index in [9.17, 15) is 18.0 Å². The summed E-state index contributed by atoms with van der Waals surface area (Å²) in [6.07, 6.45) is -3.12. The maximum absolute atomic E-state index is 13.6. The molecule has 0 radical (unpaired) electrons. The second kappa shape index (κ2) is 8.51. The molecule has 1 aromatic carbocycles. The third-order valence-corrected chi connectivity index (χ3v) is 6.22. The van der Waals surface area contributed by atoms with Crippen molar-refractivity contribution < 1.29 is 22.7 Å². The van der Waals surface area contributed by atoms with E-state index in [-0.39, 0.29) is 22.1 Å². The van der Waals surface area contributed by atoms with Gasteiger partial charge in [0.15, 0.2) is 0 Å². The molecule has 0 amide bonds. The van der Waals surface area contributed by atoms with Crippen LogP contribution in [0.5, 0.6) is 0 Å². The van der Waals surface area contributed by atoms with Crippen molar-refractivity contribution in [2.24, 2.45) is 0 Å². The van der Waals surface area contributed by atoms with Crippen molar-refractivity contribution in [3.8, 4) is 10.6 Å². The van der Waals surface area contributed by atoms with Crippen molar-refractivity contribution in [2.75, 3.05) is 19.5 Å². The maximum atomic E-state index is 13.6. The Bertz CT molecular complexity index is 1180. The van der Waals surface area contributed by atoms with E-state index in [0.717, 1.165) is 48.3 Å². The lowest BCUT2D eigenvalue weighted by molar-refractivity contribution is -0.137. The van der Waals surface area contributed by atoms with Crippen molar-refractivity contribution in [1.82, 2.24) is 14.9 Å². The third-order valence-electron chi connectivity index (χ3n) is 5.28. The van der Waals surface area contributed by atoms with Crippen LogP contribution in [-0.2, 0) is 30.4 Å². The number of carbonyl (C=O) groups excluding carboxylic acids is 1. The van der Waals surface area contributed by atoms with Crippen LogP contribution in [0.2, 0.25) is 0 Å². The molecule has 2 aromatic heterocycles. The van der Waals surface area contributed by atoms with Crippen LogP contribution in [0, 0.1) is 0 Å². The topological polar surface area (TPSA) is 67.3 Å². The smallest absolute Gasteiger partial charge is 0.420 e. The lowest BCUT2D eigenvalue weighted by Crippen LogP contribution is -2.11. The Morgan fingerprint density at radius 2 is 1.97 bits per heavy atom. The number of esters is 1. The molecule has 3 aromatic rings. The highest BCUT2D eigenvalue weighted by molar-refractivity contribution is 7.13. The van der Waals surface area contributed by atoms with Crippen LogP contribution in [0.15, 0.2) is 29.8 Å². The number of fused-ring (bicyclic) bond motifs is 1. The maximum Gasteiger partial charge on any atom is 0.420 e. The van der Waals surface area contributed by atoms with Crippen LogP contribution >= 0.6 is 11.3 Å². The number of nitrogens with zero attached hydrogens (tertiary/aromatic N) is 3. The van der Waals surface area contributed by atoms with Gasteiger partial charge in [0, 0.05) is 30.4 Å². The number of methoxy groups -OCH3 is 1. The number of thiophene rings is 1. The number of aryl methyl sites for hydroxylation is 1. The normalized spacial score (nSPS) is 13.8. The van der Waals surface area contributed by atoms with Gasteiger partial charge in [-0.15, -0.1) is 11.3 Å². The molecule has 1 N–H and O–H groups in total. The summed E-state index contributed by atoms with van der Waals surface area (Å²) in [7, 11) is 3.25. The van der Waals surface area contributed by atoms with E-state index >= 15 is 0 Å². The van der Waals surface area contributed by atoms with E-state index in [4.69, 9.17) is 0 Å². The largest absolute Gasteiger partial charge is 0.465 e. The van der Waals surface area contributed by atoms with Gasteiger partial charge in [0.1, 0.15) is 5.56 Å². The first-order valence-corrected chi connectivity index (χ1v) is 10.8. The van der Waals surface area contributed by atoms with Gasteiger partial charge in [0.05, 0.1) is 23.2 Å². The predicted octanol–water partition coefficient (Wildman–Crippen LogP) is 5.26. The first-order valence-electron chi connectivity index (χ1n) is 9.91. The zero-order valence-electron chi connectivity index (χ0n) is 17.7. The number of aromatic nitrogens is 2. The number of anilines is 2. The number of alkyl halides is 3. The van der Waals surface area contributed by atoms with Crippen molar-refractivity contribution in [3.63, 3.8) is 0 Å². The van der Waals surface area contributed by atoms with Gasteiger partial charge in [0.2, 0.25) is 5.95 Å². The molecule has 1 aliphatic heterocycles. The monoisotopic (exact) mass is 462 g/mol. The molecule has 0 saturated heterocycles. The second-order valence-corrected chi connectivity index (χ2v) is 8.49. The SMILES string of the molecule is CCc1cc2c(cc1Nc1ncc(C(F)(F)F)c(-c3cc(C(=O)OC)cs3)n1)CN(C)C2. The third kappa shape index (κ3) is 4.33. The lowest BCUT2D eigenvalue weighted by Gasteiger charge is -2.15. The van der Waals surface area contributed by atoms with E-state index in [0.29, 0.717) is 0 Å². The molecule has 6 nitrogen and oxygen atoms in total. The van der Waals surface area contributed by atoms with Crippen LogP contribution in [0.1, 0.15) is 39.5 Å². The quantitative estimate of drug-likeness (QED) is 0.522. The molecular formula is C22H21F3N4O2S. The van der Waals surface area contributed by atoms with E-state index in [1.807, 2.05) is 20.0 Å². The molecule has 0 aliphatic carbocycles. The average molecular weight is 462 g/mol. The first-order chi connectivity index (χ1) is 15.2. The molecule has 168 valence electrons. The Kier molecular flexibility index (Phi) is 5.91. The molecule has 1 aliphatic rings. The number of hydrogen-bond donors (Lipinski definition) is 1. The van der Waals surface area contributed by atoms with Gasteiger partial charge >= 0.3 is 12.1 Å². The molecule has 0 fully saturated rings. The van der Waals surface area contributed by atoms with Crippen molar-refractivity contribution in [2.45, 2.75) is 32.6 Å². The number of rotatable bonds is 5. The summed E-state index contributed by atoms with van der Waals surface area (Å²) in [4.78, 5) is 22.3. The fourth-order valence-corrected chi connectivity index (χ4v) is 4.60. The summed E-state index contributed by atoms with van der Waals surface area (Å²) >= 11 is 0.991. The molecule has 4 rings (SSSR count). The number of benzene rings is 1. The minimum Gasteiger partial charge on any atom is -0.465 e. The number of carbonyl (C=O) groups is 1. The van der Waals surface area contributed by atoms with Crippen LogP contribution in [0.3, 0.4) is 0 Å². The van der Waals surface area contributed by atoms with Crippen LogP contribution in [-0.4, -0.2) is 35.0 Å². The van der Waals surface area contributed by atoms with Gasteiger partial charge < -0.3 is 10.1 Å². The summed E-state index contributed by atoms with van der Waals surface area (Å²) in [5, 5.41) is 4.55. The van der Waals surface area contributed by atoms with Gasteiger partial charge in [-0.3, -0.25) is 4.90 Å². The van der Waals surface area contributed by atoms with Crippen molar-refractivity contribution in [3.05, 3.63) is 57.6 Å². The van der Waals surface area contributed by atoms with E-state index in [2.05, 4.69) is 31.0 Å². The molecule has 0 bridgehead atoms. The van der Waals surface area contributed by atoms with Gasteiger partial charge in [-0.2, -0.15) is 13.2 Å². The summed E-state index contributed by atoms with van der Waals surface area (Å²) < 4.78 is 45.6. The standard InChI is InChI=1S/C22H21F3N4O2S/c1-4-12-5-13-9-29(2)10-14(13)6-17(12)27-21-26-8-16(22(23,24)25)19(28-21)18-7-15(11-32-18)20(30)31-3/h5-8,11H,4,9-10H2,1-3H3,(H,26,27,28). The van der Waals surface area contributed by atoms with Crippen LogP contribution in [0.25, 0.3) is 10.6 Å². The Morgan fingerprint density at radius 3 is 2.62 bits per heavy atom. The molecule has 0 spiro atoms. The van der Waals surface area contributed by atoms with Gasteiger partial charge in [-0.05, 0) is 42.3 Å². The number of nitrogens with one attached hydrogen (secondary N) is 1. The van der Waals surface area contributed by atoms with Crippen molar-refractivity contribution >= 4 is 28.9 Å². The predicted molar refractivity (Wildman–Crippen MR) is 116 cm³/mol. The summed E-state index contributed by atoms with van der Waals surface area (Å²) in [5.74, 6) is -0.564. The van der Waals surface area contributed by atoms with Crippen LogP contribution in [0.4, 0.5) is 24.8 Å². The molecule has 32 heavy (non-hydrogen) atoms. The summed E-state index contributed by atoms with van der Waals surface area (Å²) in [6, 6.07) is 5.48. The summed E-state index contributed by atoms with van der Waals surface area (Å²) in [5.41, 5.74) is 3.14. The molecule has 3 heterocycles. The minimum absolute atomic E-state index is 0.0574. The number of halogens is 3. The highest BCUT2D eigenvalue weighted by Crippen LogP contribution is 2.39. The molecular weight excluding hydrogens is 441 g/mol. The molecule has 0 saturated carbocycles. The van der Waals surface area contributed by atoms with Gasteiger partial charge in [0.25, 0.3) is 0 Å².